The normalized spacial score (nSPS) is 22.5. The molecule has 1 aliphatic heterocycles. The molecule has 4 nitrogen and oxygen atoms in total. The molecule has 0 radical (unpaired) electrons. The van der Waals surface area contributed by atoms with Gasteiger partial charge in [-0.3, -0.25) is 4.79 Å². The summed E-state index contributed by atoms with van der Waals surface area (Å²) in [6, 6.07) is 5.23. The van der Waals surface area contributed by atoms with Crippen molar-refractivity contribution in [3.63, 3.8) is 0 Å². The van der Waals surface area contributed by atoms with E-state index in [4.69, 9.17) is 21.1 Å². The number of hydrogen-bond donors (Lipinski definition) is 0. The van der Waals surface area contributed by atoms with Gasteiger partial charge in [-0.05, 0) is 30.5 Å². The molecule has 1 aromatic rings. The average molecular weight is 298 g/mol. The summed E-state index contributed by atoms with van der Waals surface area (Å²) in [5.41, 5.74) is 0.519. The van der Waals surface area contributed by atoms with Crippen molar-refractivity contribution in [3.8, 4) is 11.5 Å². The lowest BCUT2D eigenvalue weighted by atomic mass is 9.98. The topological polar surface area (TPSA) is 38.8 Å². The van der Waals surface area contributed by atoms with Crippen LogP contribution in [0.1, 0.15) is 23.7 Å². The van der Waals surface area contributed by atoms with E-state index in [1.54, 1.807) is 37.3 Å². The van der Waals surface area contributed by atoms with Gasteiger partial charge < -0.3 is 14.4 Å². The summed E-state index contributed by atoms with van der Waals surface area (Å²) in [4.78, 5) is 14.4. The largest absolute Gasteiger partial charge is 0.497 e. The van der Waals surface area contributed by atoms with Crippen molar-refractivity contribution in [2.45, 2.75) is 18.7 Å². The Labute approximate surface area is 124 Å². The second kappa shape index (κ2) is 6.35. The van der Waals surface area contributed by atoms with Gasteiger partial charge in [0.2, 0.25) is 0 Å². The Kier molecular flexibility index (Phi) is 4.76. The van der Waals surface area contributed by atoms with Gasteiger partial charge in [0.05, 0.1) is 25.2 Å². The van der Waals surface area contributed by atoms with Crippen molar-refractivity contribution < 1.29 is 14.3 Å². The van der Waals surface area contributed by atoms with E-state index in [0.29, 0.717) is 29.5 Å². The number of halogens is 1. The molecule has 0 spiro atoms. The Morgan fingerprint density at radius 2 is 2.10 bits per heavy atom. The van der Waals surface area contributed by atoms with Crippen LogP contribution in [0.4, 0.5) is 0 Å². The predicted molar refractivity (Wildman–Crippen MR) is 78.9 cm³/mol. The van der Waals surface area contributed by atoms with Crippen LogP contribution in [0.2, 0.25) is 0 Å². The SMILES string of the molecule is COc1ccc(OC)c(C(=O)N2CCC(C)C(Cl)C2)c1. The second-order valence-corrected chi connectivity index (χ2v) is 5.66. The number of amides is 1. The zero-order valence-electron chi connectivity index (χ0n) is 12.1. The van der Waals surface area contributed by atoms with E-state index in [0.717, 1.165) is 13.0 Å². The van der Waals surface area contributed by atoms with Crippen LogP contribution in [-0.2, 0) is 0 Å². The number of piperidine rings is 1. The number of rotatable bonds is 3. The van der Waals surface area contributed by atoms with Crippen LogP contribution in [0.25, 0.3) is 0 Å². The van der Waals surface area contributed by atoms with E-state index in [2.05, 4.69) is 6.92 Å². The van der Waals surface area contributed by atoms with Crippen LogP contribution in [0, 0.1) is 5.92 Å². The minimum Gasteiger partial charge on any atom is -0.497 e. The third-order valence-electron chi connectivity index (χ3n) is 3.79. The summed E-state index contributed by atoms with van der Waals surface area (Å²) in [5, 5.41) is 0.00398. The van der Waals surface area contributed by atoms with Crippen molar-refractivity contribution in [2.75, 3.05) is 27.3 Å². The molecule has 0 aliphatic carbocycles. The molecule has 0 N–H and O–H groups in total. The lowest BCUT2D eigenvalue weighted by molar-refractivity contribution is 0.0697. The van der Waals surface area contributed by atoms with Crippen LogP contribution < -0.4 is 9.47 Å². The summed E-state index contributed by atoms with van der Waals surface area (Å²) >= 11 is 6.28. The summed E-state index contributed by atoms with van der Waals surface area (Å²) in [5.74, 6) is 1.58. The maximum absolute atomic E-state index is 12.6. The molecule has 0 aromatic heterocycles. The summed E-state index contributed by atoms with van der Waals surface area (Å²) in [6.45, 7) is 3.41. The predicted octanol–water partition coefficient (Wildman–Crippen LogP) is 2.79. The molecule has 2 rings (SSSR count). The summed E-state index contributed by atoms with van der Waals surface area (Å²) in [6.07, 6.45) is 0.923. The van der Waals surface area contributed by atoms with E-state index < -0.39 is 0 Å². The van der Waals surface area contributed by atoms with Crippen LogP contribution in [-0.4, -0.2) is 43.5 Å². The Bertz CT molecular complexity index is 492. The van der Waals surface area contributed by atoms with Gasteiger partial charge in [0, 0.05) is 13.1 Å². The van der Waals surface area contributed by atoms with Crippen LogP contribution in [0.5, 0.6) is 11.5 Å². The van der Waals surface area contributed by atoms with Crippen LogP contribution >= 0.6 is 11.6 Å². The molecule has 1 aliphatic rings. The van der Waals surface area contributed by atoms with Crippen molar-refractivity contribution in [3.05, 3.63) is 23.8 Å². The van der Waals surface area contributed by atoms with Crippen molar-refractivity contribution in [2.24, 2.45) is 5.92 Å². The molecule has 110 valence electrons. The van der Waals surface area contributed by atoms with Gasteiger partial charge >= 0.3 is 0 Å². The lowest BCUT2D eigenvalue weighted by Crippen LogP contribution is -2.43. The maximum atomic E-state index is 12.6. The summed E-state index contributed by atoms with van der Waals surface area (Å²) in [7, 11) is 3.13. The van der Waals surface area contributed by atoms with Crippen LogP contribution in [0.3, 0.4) is 0 Å². The molecule has 2 atom stereocenters. The third kappa shape index (κ3) is 3.01. The van der Waals surface area contributed by atoms with Gasteiger partial charge in [0.15, 0.2) is 0 Å². The fourth-order valence-electron chi connectivity index (χ4n) is 2.36. The number of methoxy groups -OCH3 is 2. The minimum absolute atomic E-state index is 0.00398. The number of likely N-dealkylation sites (tertiary alicyclic amines) is 1. The highest BCUT2D eigenvalue weighted by Crippen LogP contribution is 2.28. The standard InChI is InChI=1S/C15H20ClNO3/c1-10-6-7-17(9-13(10)16)15(18)12-8-11(19-2)4-5-14(12)20-3/h4-5,8,10,13H,6-7,9H2,1-3H3. The summed E-state index contributed by atoms with van der Waals surface area (Å²) < 4.78 is 10.4. The molecule has 20 heavy (non-hydrogen) atoms. The Morgan fingerprint density at radius 1 is 1.35 bits per heavy atom. The first-order valence-corrected chi connectivity index (χ1v) is 7.15. The van der Waals surface area contributed by atoms with Crippen LogP contribution in [0.15, 0.2) is 18.2 Å². The number of carbonyl (C=O) groups is 1. The van der Waals surface area contributed by atoms with Crippen molar-refractivity contribution in [1.29, 1.82) is 0 Å². The quantitative estimate of drug-likeness (QED) is 0.805. The molecule has 2 unspecified atom stereocenters. The van der Waals surface area contributed by atoms with E-state index >= 15 is 0 Å². The van der Waals surface area contributed by atoms with Gasteiger partial charge in [0.1, 0.15) is 11.5 Å². The highest BCUT2D eigenvalue weighted by atomic mass is 35.5. The monoisotopic (exact) mass is 297 g/mol. The van der Waals surface area contributed by atoms with Crippen molar-refractivity contribution in [1.82, 2.24) is 4.90 Å². The minimum atomic E-state index is -0.0571. The molecule has 1 heterocycles. The maximum Gasteiger partial charge on any atom is 0.257 e. The molecule has 5 heteroatoms. The zero-order chi connectivity index (χ0) is 14.7. The van der Waals surface area contributed by atoms with Gasteiger partial charge in [-0.15, -0.1) is 11.6 Å². The Morgan fingerprint density at radius 3 is 2.70 bits per heavy atom. The molecule has 0 bridgehead atoms. The van der Waals surface area contributed by atoms with E-state index in [1.165, 1.54) is 0 Å². The average Bonchev–Trinajstić information content (AvgIpc) is 2.48. The highest BCUT2D eigenvalue weighted by Gasteiger charge is 2.29. The van der Waals surface area contributed by atoms with Gasteiger partial charge in [0.25, 0.3) is 5.91 Å². The Balaban J connectivity index is 2.24. The number of ether oxygens (including phenoxy) is 2. The van der Waals surface area contributed by atoms with Gasteiger partial charge in [-0.25, -0.2) is 0 Å². The van der Waals surface area contributed by atoms with Gasteiger partial charge in [-0.1, -0.05) is 6.92 Å². The number of alkyl halides is 1. The number of hydrogen-bond acceptors (Lipinski definition) is 3. The van der Waals surface area contributed by atoms with E-state index in [-0.39, 0.29) is 11.3 Å². The lowest BCUT2D eigenvalue weighted by Gasteiger charge is -2.34. The first-order valence-electron chi connectivity index (χ1n) is 6.72. The highest BCUT2D eigenvalue weighted by molar-refractivity contribution is 6.21. The van der Waals surface area contributed by atoms with E-state index in [9.17, 15) is 4.79 Å². The first kappa shape index (κ1) is 15.0. The molecular weight excluding hydrogens is 278 g/mol. The van der Waals surface area contributed by atoms with Crippen molar-refractivity contribution >= 4 is 17.5 Å². The fraction of sp³-hybridized carbons (Fsp3) is 0.533. The molecule has 1 saturated heterocycles. The van der Waals surface area contributed by atoms with E-state index in [1.807, 2.05) is 0 Å². The molecule has 0 saturated carbocycles. The molecule has 1 amide bonds. The van der Waals surface area contributed by atoms with Gasteiger partial charge in [-0.2, -0.15) is 0 Å². The smallest absolute Gasteiger partial charge is 0.257 e. The molecular formula is C15H20ClNO3. The first-order chi connectivity index (χ1) is 9.56. The zero-order valence-corrected chi connectivity index (χ0v) is 12.8. The molecule has 1 aromatic carbocycles. The Hall–Kier alpha value is -1.42. The number of benzene rings is 1. The third-order valence-corrected chi connectivity index (χ3v) is 4.36. The molecule has 1 fully saturated rings. The second-order valence-electron chi connectivity index (χ2n) is 5.10. The number of carbonyl (C=O) groups excluding carboxylic acids is 1. The number of nitrogens with zero attached hydrogens (tertiary/aromatic N) is 1. The fourth-order valence-corrected chi connectivity index (χ4v) is 2.65.